The zero-order valence-electron chi connectivity index (χ0n) is 17.2. The molecule has 5 rings (SSSR count). The van der Waals surface area contributed by atoms with E-state index < -0.39 is 5.92 Å². The molecule has 1 atom stereocenters. The number of aryl methyl sites for hydroxylation is 2. The molecule has 7 heteroatoms. The summed E-state index contributed by atoms with van der Waals surface area (Å²) >= 11 is 6.38. The van der Waals surface area contributed by atoms with Crippen LogP contribution in [-0.2, 0) is 27.2 Å². The highest BCUT2D eigenvalue weighted by atomic mass is 35.5. The Kier molecular flexibility index (Phi) is 5.18. The summed E-state index contributed by atoms with van der Waals surface area (Å²) in [5, 5.41) is 3.31. The first kappa shape index (κ1) is 20.1. The number of fused-ring (bicyclic) bond motifs is 1. The SMILES string of the molecule is O=C(Nc1ccc(N2CCCC2=O)c(Cl)c1)C1CC(=O)N(c2ccc3c(c2)CCC3)C1. The fraction of sp³-hybridized carbons (Fsp3) is 0.375. The maximum atomic E-state index is 12.8. The standard InChI is InChI=1S/C24H24ClN3O3/c25-20-13-18(7-9-21(20)27-10-2-5-22(27)29)26-24(31)17-12-23(30)28(14-17)19-8-6-15-3-1-4-16(15)11-19/h6-9,11,13,17H,1-5,10,12,14H2,(H,26,31). The number of hydrogen-bond acceptors (Lipinski definition) is 3. The molecule has 0 bridgehead atoms. The number of nitrogens with zero attached hydrogens (tertiary/aromatic N) is 2. The molecule has 2 aromatic rings. The number of halogens is 1. The minimum Gasteiger partial charge on any atom is -0.326 e. The van der Waals surface area contributed by atoms with Crippen molar-refractivity contribution < 1.29 is 14.4 Å². The molecular weight excluding hydrogens is 414 g/mol. The molecular formula is C24H24ClN3O3. The van der Waals surface area contributed by atoms with E-state index in [1.165, 1.54) is 11.1 Å². The molecule has 2 fully saturated rings. The fourth-order valence-corrected chi connectivity index (χ4v) is 5.09. The van der Waals surface area contributed by atoms with Gasteiger partial charge in [0.15, 0.2) is 0 Å². The largest absolute Gasteiger partial charge is 0.326 e. The van der Waals surface area contributed by atoms with Crippen LogP contribution >= 0.6 is 11.6 Å². The Labute approximate surface area is 186 Å². The van der Waals surface area contributed by atoms with Gasteiger partial charge in [-0.25, -0.2) is 0 Å². The lowest BCUT2D eigenvalue weighted by Crippen LogP contribution is -2.28. The molecule has 2 heterocycles. The van der Waals surface area contributed by atoms with Gasteiger partial charge in [-0.1, -0.05) is 17.7 Å². The summed E-state index contributed by atoms with van der Waals surface area (Å²) in [6, 6.07) is 11.4. The van der Waals surface area contributed by atoms with Crippen molar-refractivity contribution in [3.05, 3.63) is 52.5 Å². The fourth-order valence-electron chi connectivity index (χ4n) is 4.81. The van der Waals surface area contributed by atoms with Crippen LogP contribution in [0.1, 0.15) is 36.8 Å². The highest BCUT2D eigenvalue weighted by Gasteiger charge is 2.35. The van der Waals surface area contributed by atoms with Crippen LogP contribution in [0.3, 0.4) is 0 Å². The highest BCUT2D eigenvalue weighted by Crippen LogP contribution is 2.33. The molecule has 0 saturated carbocycles. The summed E-state index contributed by atoms with van der Waals surface area (Å²) in [4.78, 5) is 40.8. The first-order chi connectivity index (χ1) is 15.0. The van der Waals surface area contributed by atoms with E-state index in [4.69, 9.17) is 11.6 Å². The molecule has 0 spiro atoms. The van der Waals surface area contributed by atoms with Gasteiger partial charge in [-0.2, -0.15) is 0 Å². The van der Waals surface area contributed by atoms with Crippen LogP contribution in [0.25, 0.3) is 0 Å². The van der Waals surface area contributed by atoms with Crippen molar-refractivity contribution in [3.8, 4) is 0 Å². The second-order valence-electron chi connectivity index (χ2n) is 8.52. The molecule has 1 N–H and O–H groups in total. The van der Waals surface area contributed by atoms with Crippen LogP contribution in [0.4, 0.5) is 17.1 Å². The van der Waals surface area contributed by atoms with Gasteiger partial charge < -0.3 is 15.1 Å². The molecule has 1 aliphatic carbocycles. The van der Waals surface area contributed by atoms with Crippen molar-refractivity contribution in [1.82, 2.24) is 0 Å². The quantitative estimate of drug-likeness (QED) is 0.787. The van der Waals surface area contributed by atoms with Crippen molar-refractivity contribution in [1.29, 1.82) is 0 Å². The van der Waals surface area contributed by atoms with Gasteiger partial charge in [-0.15, -0.1) is 0 Å². The van der Waals surface area contributed by atoms with Crippen LogP contribution in [0, 0.1) is 5.92 Å². The Morgan fingerprint density at radius 3 is 2.55 bits per heavy atom. The van der Waals surface area contributed by atoms with Crippen molar-refractivity contribution in [2.45, 2.75) is 38.5 Å². The zero-order chi connectivity index (χ0) is 21.5. The minimum absolute atomic E-state index is 0.0287. The Balaban J connectivity index is 1.26. The number of benzene rings is 2. The monoisotopic (exact) mass is 437 g/mol. The summed E-state index contributed by atoms with van der Waals surface area (Å²) in [5.74, 6) is -0.578. The Bertz CT molecular complexity index is 1080. The normalized spacial score (nSPS) is 20.5. The topological polar surface area (TPSA) is 69.7 Å². The van der Waals surface area contributed by atoms with Crippen LogP contribution in [0.2, 0.25) is 5.02 Å². The predicted molar refractivity (Wildman–Crippen MR) is 121 cm³/mol. The molecule has 2 saturated heterocycles. The summed E-state index contributed by atoms with van der Waals surface area (Å²) in [5.41, 5.74) is 4.78. The van der Waals surface area contributed by atoms with E-state index in [9.17, 15) is 14.4 Å². The van der Waals surface area contributed by atoms with Gasteiger partial charge in [0.25, 0.3) is 0 Å². The van der Waals surface area contributed by atoms with Gasteiger partial charge in [0.2, 0.25) is 17.7 Å². The molecule has 0 radical (unpaired) electrons. The number of amides is 3. The van der Waals surface area contributed by atoms with Gasteiger partial charge in [0, 0.05) is 37.3 Å². The predicted octanol–water partition coefficient (Wildman–Crippen LogP) is 3.95. The number of carbonyl (C=O) groups is 3. The van der Waals surface area contributed by atoms with E-state index in [0.29, 0.717) is 35.9 Å². The third-order valence-corrected chi connectivity index (χ3v) is 6.77. The smallest absolute Gasteiger partial charge is 0.229 e. The summed E-state index contributed by atoms with van der Waals surface area (Å²) in [7, 11) is 0. The number of anilines is 3. The molecule has 160 valence electrons. The molecule has 31 heavy (non-hydrogen) atoms. The molecule has 2 aromatic carbocycles. The minimum atomic E-state index is -0.417. The first-order valence-electron chi connectivity index (χ1n) is 10.8. The second-order valence-corrected chi connectivity index (χ2v) is 8.92. The van der Waals surface area contributed by atoms with Gasteiger partial charge in [0.1, 0.15) is 0 Å². The summed E-state index contributed by atoms with van der Waals surface area (Å²) < 4.78 is 0. The highest BCUT2D eigenvalue weighted by molar-refractivity contribution is 6.34. The van der Waals surface area contributed by atoms with Crippen LogP contribution in [0.5, 0.6) is 0 Å². The van der Waals surface area contributed by atoms with Gasteiger partial charge >= 0.3 is 0 Å². The van der Waals surface area contributed by atoms with E-state index in [1.807, 2.05) is 6.07 Å². The maximum absolute atomic E-state index is 12.8. The van der Waals surface area contributed by atoms with Crippen molar-refractivity contribution in [2.24, 2.45) is 5.92 Å². The van der Waals surface area contributed by atoms with E-state index in [1.54, 1.807) is 28.0 Å². The van der Waals surface area contributed by atoms with Crippen LogP contribution in [-0.4, -0.2) is 30.8 Å². The second kappa shape index (κ2) is 8.00. The number of hydrogen-bond donors (Lipinski definition) is 1. The molecule has 2 aliphatic heterocycles. The third-order valence-electron chi connectivity index (χ3n) is 6.47. The van der Waals surface area contributed by atoms with Crippen molar-refractivity contribution >= 4 is 46.4 Å². The number of rotatable bonds is 4. The lowest BCUT2D eigenvalue weighted by atomic mass is 10.1. The lowest BCUT2D eigenvalue weighted by Gasteiger charge is -2.19. The van der Waals surface area contributed by atoms with Gasteiger partial charge in [0.05, 0.1) is 16.6 Å². The third kappa shape index (κ3) is 3.81. The molecule has 0 aromatic heterocycles. The lowest BCUT2D eigenvalue weighted by molar-refractivity contribution is -0.122. The zero-order valence-corrected chi connectivity index (χ0v) is 18.0. The van der Waals surface area contributed by atoms with Crippen molar-refractivity contribution in [3.63, 3.8) is 0 Å². The molecule has 1 unspecified atom stereocenters. The first-order valence-corrected chi connectivity index (χ1v) is 11.2. The number of carbonyl (C=O) groups excluding carboxylic acids is 3. The maximum Gasteiger partial charge on any atom is 0.229 e. The van der Waals surface area contributed by atoms with E-state index >= 15 is 0 Å². The van der Waals surface area contributed by atoms with E-state index in [2.05, 4.69) is 17.4 Å². The average molecular weight is 438 g/mol. The van der Waals surface area contributed by atoms with E-state index in [-0.39, 0.29) is 24.1 Å². The van der Waals surface area contributed by atoms with Crippen LogP contribution in [0.15, 0.2) is 36.4 Å². The summed E-state index contributed by atoms with van der Waals surface area (Å²) in [6.45, 7) is 1.03. The summed E-state index contributed by atoms with van der Waals surface area (Å²) in [6.07, 6.45) is 4.86. The molecule has 3 amide bonds. The average Bonchev–Trinajstić information content (AvgIpc) is 3.47. The number of nitrogens with one attached hydrogen (secondary N) is 1. The Hall–Kier alpha value is -2.86. The Morgan fingerprint density at radius 2 is 1.77 bits per heavy atom. The molecule has 3 aliphatic rings. The van der Waals surface area contributed by atoms with Crippen LogP contribution < -0.4 is 15.1 Å². The van der Waals surface area contributed by atoms with E-state index in [0.717, 1.165) is 31.4 Å². The molecule has 6 nitrogen and oxygen atoms in total. The van der Waals surface area contributed by atoms with Gasteiger partial charge in [-0.3, -0.25) is 14.4 Å². The Morgan fingerprint density at radius 1 is 0.935 bits per heavy atom. The van der Waals surface area contributed by atoms with Gasteiger partial charge in [-0.05, 0) is 67.1 Å². The van der Waals surface area contributed by atoms with Crippen molar-refractivity contribution in [2.75, 3.05) is 28.2 Å².